The van der Waals surface area contributed by atoms with Gasteiger partial charge in [-0.05, 0) is 55.7 Å². The van der Waals surface area contributed by atoms with Crippen molar-refractivity contribution in [3.8, 4) is 11.8 Å². The SMILES string of the molecule is Cc1noc(N2CC3CCC(C2)C3Cc2nc(Oc3cccc(Cl)c3)n(CC(F)(F)F)n2)n1. The third-order valence-corrected chi connectivity index (χ3v) is 6.49. The summed E-state index contributed by atoms with van der Waals surface area (Å²) in [6, 6.07) is 6.75. The molecular formula is C21H22ClF3N6O2. The molecule has 2 atom stereocenters. The third kappa shape index (κ3) is 4.92. The minimum atomic E-state index is -4.45. The van der Waals surface area contributed by atoms with Crippen molar-refractivity contribution in [1.82, 2.24) is 24.9 Å². The second-order valence-electron chi connectivity index (χ2n) is 8.64. The van der Waals surface area contributed by atoms with E-state index in [4.69, 9.17) is 20.9 Å². The highest BCUT2D eigenvalue weighted by atomic mass is 35.5. The maximum atomic E-state index is 13.1. The molecule has 2 aromatic heterocycles. The Balaban J connectivity index is 1.34. The topological polar surface area (TPSA) is 82.1 Å². The fourth-order valence-electron chi connectivity index (χ4n) is 4.89. The average molecular weight is 483 g/mol. The van der Waals surface area contributed by atoms with Crippen LogP contribution in [-0.2, 0) is 13.0 Å². The summed E-state index contributed by atoms with van der Waals surface area (Å²) in [5, 5.41) is 8.44. The second kappa shape index (κ2) is 8.51. The number of benzene rings is 1. The molecule has 0 radical (unpaired) electrons. The monoisotopic (exact) mass is 482 g/mol. The van der Waals surface area contributed by atoms with Crippen LogP contribution in [-0.4, -0.2) is 44.2 Å². The fraction of sp³-hybridized carbons (Fsp3) is 0.524. The van der Waals surface area contributed by atoms with Crippen LogP contribution < -0.4 is 9.64 Å². The number of aryl methyl sites for hydroxylation is 1. The number of fused-ring (bicyclic) bond motifs is 2. The van der Waals surface area contributed by atoms with Gasteiger partial charge in [-0.3, -0.25) is 0 Å². The predicted octanol–water partition coefficient (Wildman–Crippen LogP) is 4.68. The standard InChI is InChI=1S/C21H22ClF3N6O2/c1-12-26-19(33-29-12)30-9-13-5-6-14(10-30)17(13)8-18-27-20(31(28-18)11-21(23,24)25)32-16-4-2-3-15(22)7-16/h2-4,7,13-14,17H,5-6,8-11H2,1H3. The molecular weight excluding hydrogens is 461 g/mol. The minimum Gasteiger partial charge on any atom is -0.424 e. The van der Waals surface area contributed by atoms with Gasteiger partial charge in [0.25, 0.3) is 0 Å². The molecule has 1 aliphatic carbocycles. The normalized spacial score (nSPS) is 22.7. The highest BCUT2D eigenvalue weighted by Crippen LogP contribution is 2.44. The van der Waals surface area contributed by atoms with Crippen LogP contribution in [0.3, 0.4) is 0 Å². The van der Waals surface area contributed by atoms with Crippen molar-refractivity contribution in [3.05, 3.63) is 40.9 Å². The number of hydrogen-bond donors (Lipinski definition) is 0. The number of aromatic nitrogens is 5. The predicted molar refractivity (Wildman–Crippen MR) is 112 cm³/mol. The largest absolute Gasteiger partial charge is 0.424 e. The second-order valence-corrected chi connectivity index (χ2v) is 9.07. The van der Waals surface area contributed by atoms with E-state index in [1.807, 2.05) is 0 Å². The average Bonchev–Trinajstić information content (AvgIpc) is 3.37. The van der Waals surface area contributed by atoms with Crippen LogP contribution in [0.4, 0.5) is 19.2 Å². The first-order valence-corrected chi connectivity index (χ1v) is 11.1. The Morgan fingerprint density at radius 1 is 1.18 bits per heavy atom. The van der Waals surface area contributed by atoms with Gasteiger partial charge in [0.1, 0.15) is 12.3 Å². The molecule has 1 aliphatic heterocycles. The van der Waals surface area contributed by atoms with Crippen molar-refractivity contribution in [2.45, 2.75) is 38.9 Å². The maximum absolute atomic E-state index is 13.1. The molecule has 3 heterocycles. The van der Waals surface area contributed by atoms with Gasteiger partial charge >= 0.3 is 18.2 Å². The number of nitrogens with zero attached hydrogens (tertiary/aromatic N) is 6. The van der Waals surface area contributed by atoms with Gasteiger partial charge in [-0.25, -0.2) is 4.68 Å². The van der Waals surface area contributed by atoms with Crippen molar-refractivity contribution < 1.29 is 22.4 Å². The molecule has 0 N–H and O–H groups in total. The Morgan fingerprint density at radius 2 is 1.94 bits per heavy atom. The first-order chi connectivity index (χ1) is 15.7. The van der Waals surface area contributed by atoms with E-state index in [1.54, 1.807) is 25.1 Å². The van der Waals surface area contributed by atoms with Crippen LogP contribution in [0.2, 0.25) is 5.02 Å². The van der Waals surface area contributed by atoms with Crippen molar-refractivity contribution in [1.29, 1.82) is 0 Å². The molecule has 3 aromatic rings. The molecule has 0 spiro atoms. The third-order valence-electron chi connectivity index (χ3n) is 6.25. The van der Waals surface area contributed by atoms with Gasteiger partial charge in [0.15, 0.2) is 11.6 Å². The van der Waals surface area contributed by atoms with E-state index in [9.17, 15) is 13.2 Å². The Morgan fingerprint density at radius 3 is 2.58 bits per heavy atom. The molecule has 2 unspecified atom stereocenters. The first kappa shape index (κ1) is 22.0. The number of anilines is 1. The van der Waals surface area contributed by atoms with Crippen LogP contribution in [0.25, 0.3) is 0 Å². The van der Waals surface area contributed by atoms with Crippen molar-refractivity contribution >= 4 is 17.6 Å². The van der Waals surface area contributed by atoms with E-state index in [-0.39, 0.29) is 11.9 Å². The van der Waals surface area contributed by atoms with Crippen molar-refractivity contribution in [3.63, 3.8) is 0 Å². The number of halogens is 4. The van der Waals surface area contributed by atoms with Crippen LogP contribution in [0, 0.1) is 24.7 Å². The highest BCUT2D eigenvalue weighted by Gasteiger charge is 2.44. The molecule has 5 rings (SSSR count). The summed E-state index contributed by atoms with van der Waals surface area (Å²) in [5.41, 5.74) is 0. The van der Waals surface area contributed by atoms with E-state index in [2.05, 4.69) is 25.1 Å². The van der Waals surface area contributed by atoms with E-state index in [1.165, 1.54) is 6.07 Å². The summed E-state index contributed by atoms with van der Waals surface area (Å²) in [4.78, 5) is 10.7. The van der Waals surface area contributed by atoms with Crippen LogP contribution in [0.15, 0.2) is 28.8 Å². The molecule has 12 heteroatoms. The highest BCUT2D eigenvalue weighted by molar-refractivity contribution is 6.30. The van der Waals surface area contributed by atoms with Crippen LogP contribution in [0.5, 0.6) is 11.8 Å². The molecule has 2 fully saturated rings. The zero-order chi connectivity index (χ0) is 23.2. The smallest absolute Gasteiger partial charge is 0.408 e. The summed E-state index contributed by atoms with van der Waals surface area (Å²) >= 11 is 5.97. The number of rotatable bonds is 6. The number of hydrogen-bond acceptors (Lipinski definition) is 7. The van der Waals surface area contributed by atoms with E-state index < -0.39 is 12.7 Å². The van der Waals surface area contributed by atoms with Gasteiger partial charge in [0.2, 0.25) is 0 Å². The zero-order valence-electron chi connectivity index (χ0n) is 17.8. The molecule has 2 aliphatic rings. The van der Waals surface area contributed by atoms with Gasteiger partial charge in [-0.1, -0.05) is 22.8 Å². The Hall–Kier alpha value is -2.82. The van der Waals surface area contributed by atoms with Crippen molar-refractivity contribution in [2.75, 3.05) is 18.0 Å². The Labute approximate surface area is 192 Å². The van der Waals surface area contributed by atoms with E-state index in [0.29, 0.717) is 46.7 Å². The zero-order valence-corrected chi connectivity index (χ0v) is 18.6. The molecule has 176 valence electrons. The summed E-state index contributed by atoms with van der Waals surface area (Å²) < 4.78 is 51.1. The van der Waals surface area contributed by atoms with E-state index in [0.717, 1.165) is 30.6 Å². The number of piperidine rings is 1. The van der Waals surface area contributed by atoms with Gasteiger partial charge in [0, 0.05) is 24.5 Å². The molecule has 1 aromatic carbocycles. The molecule has 33 heavy (non-hydrogen) atoms. The van der Waals surface area contributed by atoms with Crippen molar-refractivity contribution in [2.24, 2.45) is 17.8 Å². The van der Waals surface area contributed by atoms with Crippen LogP contribution >= 0.6 is 11.6 Å². The quantitative estimate of drug-likeness (QED) is 0.504. The lowest BCUT2D eigenvalue weighted by Gasteiger charge is -2.36. The first-order valence-electron chi connectivity index (χ1n) is 10.7. The summed E-state index contributed by atoms with van der Waals surface area (Å²) in [6.45, 7) is 2.02. The maximum Gasteiger partial charge on any atom is 0.408 e. The Kier molecular flexibility index (Phi) is 5.67. The summed E-state index contributed by atoms with van der Waals surface area (Å²) in [6.07, 6.45) is -1.89. The molecule has 2 bridgehead atoms. The Bertz CT molecular complexity index is 1120. The van der Waals surface area contributed by atoms with Gasteiger partial charge in [-0.15, -0.1) is 0 Å². The molecule has 8 nitrogen and oxygen atoms in total. The fourth-order valence-corrected chi connectivity index (χ4v) is 5.07. The minimum absolute atomic E-state index is 0.198. The van der Waals surface area contributed by atoms with Gasteiger partial charge < -0.3 is 14.2 Å². The summed E-state index contributed by atoms with van der Waals surface area (Å²) in [7, 11) is 0. The van der Waals surface area contributed by atoms with Gasteiger partial charge in [-0.2, -0.15) is 28.2 Å². The summed E-state index contributed by atoms with van der Waals surface area (Å²) in [5.74, 6) is 2.20. The van der Waals surface area contributed by atoms with Crippen LogP contribution in [0.1, 0.15) is 24.5 Å². The molecule has 0 amide bonds. The van der Waals surface area contributed by atoms with E-state index >= 15 is 0 Å². The lowest BCUT2D eigenvalue weighted by atomic mass is 9.82. The number of ether oxygens (including phenoxy) is 1. The molecule has 1 saturated carbocycles. The van der Waals surface area contributed by atoms with Gasteiger partial charge in [0.05, 0.1) is 0 Å². The number of alkyl halides is 3. The lowest BCUT2D eigenvalue weighted by Crippen LogP contribution is -2.43. The lowest BCUT2D eigenvalue weighted by molar-refractivity contribution is -0.143. The molecule has 1 saturated heterocycles.